The van der Waals surface area contributed by atoms with Crippen LogP contribution in [-0.2, 0) is 11.8 Å². The monoisotopic (exact) mass is 452 g/mol. The van der Waals surface area contributed by atoms with Crippen molar-refractivity contribution in [2.24, 2.45) is 7.05 Å². The molecule has 2 aliphatic rings. The number of rotatable bonds is 3. The fourth-order valence-electron chi connectivity index (χ4n) is 4.77. The van der Waals surface area contributed by atoms with Crippen LogP contribution >= 0.6 is 0 Å². The van der Waals surface area contributed by atoms with Crippen LogP contribution in [0.15, 0.2) is 66.8 Å². The van der Waals surface area contributed by atoms with E-state index in [1.807, 2.05) is 48.1 Å². The number of fused-ring (bicyclic) bond motifs is 4. The van der Waals surface area contributed by atoms with Crippen molar-refractivity contribution in [1.82, 2.24) is 9.55 Å². The van der Waals surface area contributed by atoms with Gasteiger partial charge in [0.25, 0.3) is 0 Å². The number of pyridine rings is 1. The van der Waals surface area contributed by atoms with Crippen molar-refractivity contribution in [2.45, 2.75) is 12.3 Å². The Labute approximate surface area is 195 Å². The van der Waals surface area contributed by atoms with Gasteiger partial charge in [-0.3, -0.25) is 14.6 Å². The molecule has 0 saturated heterocycles. The lowest BCUT2D eigenvalue weighted by molar-refractivity contribution is -0.135. The van der Waals surface area contributed by atoms with Crippen molar-refractivity contribution in [3.05, 3.63) is 89.1 Å². The zero-order valence-electron chi connectivity index (χ0n) is 18.6. The molecule has 168 valence electrons. The largest absolute Gasteiger partial charge is 0.497 e. The lowest BCUT2D eigenvalue weighted by Crippen LogP contribution is -2.21. The van der Waals surface area contributed by atoms with Crippen LogP contribution in [0.25, 0.3) is 17.0 Å². The molecule has 0 unspecified atom stereocenters. The minimum absolute atomic E-state index is 0.160. The predicted octanol–water partition coefficient (Wildman–Crippen LogP) is 4.64. The first-order valence-electron chi connectivity index (χ1n) is 10.9. The van der Waals surface area contributed by atoms with E-state index in [0.29, 0.717) is 22.6 Å². The molecule has 0 spiro atoms. The first kappa shape index (κ1) is 20.2. The van der Waals surface area contributed by atoms with Gasteiger partial charge in [-0.1, -0.05) is 0 Å². The number of allylic oxidation sites excluding steroid dienone is 1. The van der Waals surface area contributed by atoms with Crippen LogP contribution in [0, 0.1) is 0 Å². The molecule has 7 heteroatoms. The summed E-state index contributed by atoms with van der Waals surface area (Å²) in [6.45, 7) is 0. The first-order valence-corrected chi connectivity index (χ1v) is 10.9. The average molecular weight is 452 g/mol. The van der Waals surface area contributed by atoms with Gasteiger partial charge >= 0.3 is 5.97 Å². The van der Waals surface area contributed by atoms with Crippen molar-refractivity contribution >= 4 is 28.7 Å². The standard InChI is InChI=1S/C27H20N2O5/c1-29-14-16(19-12-17(32-2)3-5-21(19)29)11-23-26(31)18-4-6-22-25(27(18)34-23)20(13-24(30)33-22)15-7-9-28-10-8-15/h3-12,14,20H,13H2,1-2H3/b23-11-/t20-/m1/s1. The lowest BCUT2D eigenvalue weighted by Gasteiger charge is -2.26. The predicted molar refractivity (Wildman–Crippen MR) is 125 cm³/mol. The second-order valence-electron chi connectivity index (χ2n) is 8.38. The van der Waals surface area contributed by atoms with Crippen LogP contribution in [-0.4, -0.2) is 28.4 Å². The van der Waals surface area contributed by atoms with Crippen molar-refractivity contribution < 1.29 is 23.8 Å². The van der Waals surface area contributed by atoms with Gasteiger partial charge in [0, 0.05) is 53.6 Å². The molecule has 34 heavy (non-hydrogen) atoms. The minimum Gasteiger partial charge on any atom is -0.497 e. The second-order valence-corrected chi connectivity index (χ2v) is 8.38. The molecule has 2 aromatic heterocycles. The molecule has 0 N–H and O–H groups in total. The zero-order valence-corrected chi connectivity index (χ0v) is 18.6. The molecular weight excluding hydrogens is 432 g/mol. The average Bonchev–Trinajstić information content (AvgIpc) is 3.34. The Hall–Kier alpha value is -4.39. The number of ether oxygens (including phenoxy) is 3. The van der Waals surface area contributed by atoms with E-state index in [1.165, 1.54) is 0 Å². The van der Waals surface area contributed by atoms with E-state index in [0.717, 1.165) is 27.8 Å². The number of Topliss-reactive ketones (excluding diaryl/α,β-unsaturated/α-hetero) is 1. The highest BCUT2D eigenvalue weighted by molar-refractivity contribution is 6.15. The summed E-state index contributed by atoms with van der Waals surface area (Å²) >= 11 is 0. The van der Waals surface area contributed by atoms with Crippen molar-refractivity contribution in [1.29, 1.82) is 0 Å². The number of hydrogen-bond donors (Lipinski definition) is 0. The normalized spacial score (nSPS) is 17.9. The van der Waals surface area contributed by atoms with Gasteiger partial charge in [-0.2, -0.15) is 0 Å². The topological polar surface area (TPSA) is 79.7 Å². The highest BCUT2D eigenvalue weighted by Crippen LogP contribution is 2.49. The van der Waals surface area contributed by atoms with E-state index >= 15 is 0 Å². The van der Waals surface area contributed by atoms with Gasteiger partial charge in [0.1, 0.15) is 17.2 Å². The van der Waals surface area contributed by atoms with Crippen LogP contribution in [0.2, 0.25) is 0 Å². The van der Waals surface area contributed by atoms with Crippen LogP contribution in [0.1, 0.15) is 39.4 Å². The molecule has 0 bridgehead atoms. The molecular formula is C27H20N2O5. The molecule has 6 rings (SSSR count). The van der Waals surface area contributed by atoms with Crippen LogP contribution < -0.4 is 14.2 Å². The van der Waals surface area contributed by atoms with E-state index < -0.39 is 0 Å². The molecule has 4 aromatic rings. The SMILES string of the molecule is COc1ccc2c(c1)c(/C=C1\Oc3c(ccc4c3[C@@H](c3ccncc3)CC(=O)O4)C1=O)cn2C. The molecule has 0 saturated carbocycles. The molecule has 2 aromatic carbocycles. The number of hydrogen-bond acceptors (Lipinski definition) is 6. The number of benzene rings is 2. The van der Waals surface area contributed by atoms with Crippen molar-refractivity contribution in [3.63, 3.8) is 0 Å². The lowest BCUT2D eigenvalue weighted by atomic mass is 9.85. The molecule has 7 nitrogen and oxygen atoms in total. The van der Waals surface area contributed by atoms with Crippen molar-refractivity contribution in [2.75, 3.05) is 7.11 Å². The summed E-state index contributed by atoms with van der Waals surface area (Å²) in [4.78, 5) is 29.7. The van der Waals surface area contributed by atoms with Crippen LogP contribution in [0.3, 0.4) is 0 Å². The molecule has 0 aliphatic carbocycles. The second kappa shape index (κ2) is 7.59. The minimum atomic E-state index is -0.320. The number of esters is 1. The molecule has 0 radical (unpaired) electrons. The summed E-state index contributed by atoms with van der Waals surface area (Å²) in [5.74, 6) is 1.01. The number of carbonyl (C=O) groups is 2. The maximum atomic E-state index is 13.3. The smallest absolute Gasteiger partial charge is 0.312 e. The maximum Gasteiger partial charge on any atom is 0.312 e. The Morgan fingerprint density at radius 3 is 2.71 bits per heavy atom. The Morgan fingerprint density at radius 2 is 1.91 bits per heavy atom. The molecule has 0 amide bonds. The number of carbonyl (C=O) groups excluding carboxylic acids is 2. The van der Waals surface area contributed by atoms with Crippen LogP contribution in [0.4, 0.5) is 0 Å². The Bertz CT molecular complexity index is 1520. The van der Waals surface area contributed by atoms with E-state index in [4.69, 9.17) is 14.2 Å². The van der Waals surface area contributed by atoms with E-state index in [2.05, 4.69) is 4.98 Å². The first-order chi connectivity index (χ1) is 16.5. The van der Waals surface area contributed by atoms with E-state index in [-0.39, 0.29) is 29.9 Å². The fraction of sp³-hybridized carbons (Fsp3) is 0.148. The number of methoxy groups -OCH3 is 1. The van der Waals surface area contributed by atoms with Crippen LogP contribution in [0.5, 0.6) is 17.2 Å². The summed E-state index contributed by atoms with van der Waals surface area (Å²) in [5.41, 5.74) is 3.94. The molecule has 4 heterocycles. The summed E-state index contributed by atoms with van der Waals surface area (Å²) < 4.78 is 19.1. The summed E-state index contributed by atoms with van der Waals surface area (Å²) in [5, 5.41) is 0.951. The molecule has 2 aliphatic heterocycles. The van der Waals surface area contributed by atoms with E-state index in [1.54, 1.807) is 37.7 Å². The Morgan fingerprint density at radius 1 is 1.09 bits per heavy atom. The van der Waals surface area contributed by atoms with Gasteiger partial charge in [0.2, 0.25) is 5.78 Å². The number of aryl methyl sites for hydroxylation is 1. The van der Waals surface area contributed by atoms with Gasteiger partial charge in [0.05, 0.1) is 19.1 Å². The third-order valence-electron chi connectivity index (χ3n) is 6.40. The maximum absolute atomic E-state index is 13.3. The van der Waals surface area contributed by atoms with E-state index in [9.17, 15) is 9.59 Å². The highest BCUT2D eigenvalue weighted by Gasteiger charge is 2.38. The number of aromatic nitrogens is 2. The van der Waals surface area contributed by atoms with Gasteiger partial charge in [-0.25, -0.2) is 0 Å². The van der Waals surface area contributed by atoms with Gasteiger partial charge in [-0.05, 0) is 54.1 Å². The Balaban J connectivity index is 1.47. The number of ketones is 1. The zero-order chi connectivity index (χ0) is 23.4. The van der Waals surface area contributed by atoms with Gasteiger partial charge in [-0.15, -0.1) is 0 Å². The van der Waals surface area contributed by atoms with Gasteiger partial charge in [0.15, 0.2) is 5.76 Å². The third kappa shape index (κ3) is 3.08. The molecule has 1 atom stereocenters. The summed E-state index contributed by atoms with van der Waals surface area (Å²) in [6.07, 6.45) is 7.24. The number of nitrogens with zero attached hydrogens (tertiary/aromatic N) is 2. The summed E-state index contributed by atoms with van der Waals surface area (Å²) in [7, 11) is 3.57. The van der Waals surface area contributed by atoms with Gasteiger partial charge < -0.3 is 18.8 Å². The Kier molecular flexibility index (Phi) is 4.52. The molecule has 0 fully saturated rings. The fourth-order valence-corrected chi connectivity index (χ4v) is 4.77. The summed E-state index contributed by atoms with van der Waals surface area (Å²) in [6, 6.07) is 12.9. The third-order valence-corrected chi connectivity index (χ3v) is 6.40. The highest BCUT2D eigenvalue weighted by atomic mass is 16.5. The quantitative estimate of drug-likeness (QED) is 0.256. The van der Waals surface area contributed by atoms with Crippen molar-refractivity contribution in [3.8, 4) is 17.2 Å².